The van der Waals surface area contributed by atoms with Crippen molar-refractivity contribution in [3.8, 4) is 0 Å². The first-order chi connectivity index (χ1) is 8.22. The molecule has 17 heavy (non-hydrogen) atoms. The third-order valence-corrected chi connectivity index (χ3v) is 5.27. The maximum absolute atomic E-state index is 6.07. The van der Waals surface area contributed by atoms with E-state index in [0.717, 1.165) is 24.3 Å². The lowest BCUT2D eigenvalue weighted by molar-refractivity contribution is 0.0586. The number of piperidine rings is 1. The smallest absolute Gasteiger partial charge is 0.0246 e. The van der Waals surface area contributed by atoms with Gasteiger partial charge < -0.3 is 5.73 Å². The Hall–Kier alpha value is -0.0800. The summed E-state index contributed by atoms with van der Waals surface area (Å²) in [6, 6.07) is 0.672. The van der Waals surface area contributed by atoms with Crippen molar-refractivity contribution in [2.75, 3.05) is 19.6 Å². The first-order valence-electron chi connectivity index (χ1n) is 7.66. The van der Waals surface area contributed by atoms with Crippen molar-refractivity contribution in [1.82, 2.24) is 4.90 Å². The van der Waals surface area contributed by atoms with E-state index in [1.54, 1.807) is 0 Å². The molecule has 1 heterocycles. The predicted molar refractivity (Wildman–Crippen MR) is 73.9 cm³/mol. The molecule has 2 aliphatic rings. The molecule has 100 valence electrons. The van der Waals surface area contributed by atoms with Crippen LogP contribution >= 0.6 is 0 Å². The molecular weight excluding hydrogens is 208 g/mol. The molecule has 0 aromatic rings. The monoisotopic (exact) mass is 238 g/mol. The van der Waals surface area contributed by atoms with Gasteiger partial charge in [-0.3, -0.25) is 4.90 Å². The molecule has 2 nitrogen and oxygen atoms in total. The van der Waals surface area contributed by atoms with Crippen molar-refractivity contribution in [3.63, 3.8) is 0 Å². The lowest BCUT2D eigenvalue weighted by atomic mass is 9.81. The van der Waals surface area contributed by atoms with Gasteiger partial charge in [0.25, 0.3) is 0 Å². The summed E-state index contributed by atoms with van der Waals surface area (Å²) in [7, 11) is 0. The molecule has 1 saturated heterocycles. The highest BCUT2D eigenvalue weighted by Crippen LogP contribution is 2.32. The lowest BCUT2D eigenvalue weighted by Gasteiger charge is -2.43. The van der Waals surface area contributed by atoms with E-state index in [0.29, 0.717) is 6.04 Å². The largest absolute Gasteiger partial charge is 0.329 e. The summed E-state index contributed by atoms with van der Waals surface area (Å²) in [5, 5.41) is 0. The first kappa shape index (κ1) is 13.4. The van der Waals surface area contributed by atoms with Gasteiger partial charge in [-0.25, -0.2) is 0 Å². The van der Waals surface area contributed by atoms with Crippen LogP contribution in [0.4, 0.5) is 0 Å². The molecule has 0 aromatic carbocycles. The van der Waals surface area contributed by atoms with Crippen LogP contribution in [0.15, 0.2) is 0 Å². The Morgan fingerprint density at radius 3 is 2.35 bits per heavy atom. The van der Waals surface area contributed by atoms with Crippen LogP contribution < -0.4 is 5.73 Å². The van der Waals surface area contributed by atoms with Crippen molar-refractivity contribution in [2.24, 2.45) is 23.5 Å². The van der Waals surface area contributed by atoms with Crippen molar-refractivity contribution >= 4 is 0 Å². The average Bonchev–Trinajstić information content (AvgIpc) is 2.36. The van der Waals surface area contributed by atoms with Crippen LogP contribution in [-0.4, -0.2) is 30.6 Å². The van der Waals surface area contributed by atoms with Crippen LogP contribution in [0.5, 0.6) is 0 Å². The van der Waals surface area contributed by atoms with Crippen molar-refractivity contribution in [2.45, 2.75) is 58.4 Å². The first-order valence-corrected chi connectivity index (χ1v) is 7.66. The maximum Gasteiger partial charge on any atom is 0.0246 e. The van der Waals surface area contributed by atoms with Gasteiger partial charge in [0.05, 0.1) is 0 Å². The Morgan fingerprint density at radius 2 is 1.76 bits per heavy atom. The fraction of sp³-hybridized carbons (Fsp3) is 1.00. The summed E-state index contributed by atoms with van der Waals surface area (Å²) in [5.41, 5.74) is 6.07. The van der Waals surface area contributed by atoms with E-state index < -0.39 is 0 Å². The summed E-state index contributed by atoms with van der Waals surface area (Å²) in [6.45, 7) is 8.24. The van der Waals surface area contributed by atoms with Gasteiger partial charge in [-0.1, -0.05) is 33.1 Å². The SMILES string of the molecule is CC1CCN(C(CN)C2CCCCC2)CC1C. The topological polar surface area (TPSA) is 29.3 Å². The molecule has 0 spiro atoms. The molecule has 2 N–H and O–H groups in total. The van der Waals surface area contributed by atoms with E-state index in [9.17, 15) is 0 Å². The fourth-order valence-corrected chi connectivity index (χ4v) is 3.75. The van der Waals surface area contributed by atoms with Gasteiger partial charge in [0.15, 0.2) is 0 Å². The van der Waals surface area contributed by atoms with E-state index >= 15 is 0 Å². The van der Waals surface area contributed by atoms with Gasteiger partial charge in [0.1, 0.15) is 0 Å². The molecule has 1 saturated carbocycles. The van der Waals surface area contributed by atoms with Crippen LogP contribution in [0.3, 0.4) is 0 Å². The molecule has 0 bridgehead atoms. The predicted octanol–water partition coefficient (Wildman–Crippen LogP) is 2.87. The Morgan fingerprint density at radius 1 is 1.06 bits per heavy atom. The third-order valence-electron chi connectivity index (χ3n) is 5.27. The number of likely N-dealkylation sites (tertiary alicyclic amines) is 1. The highest BCUT2D eigenvalue weighted by Gasteiger charge is 2.32. The summed E-state index contributed by atoms with van der Waals surface area (Å²) >= 11 is 0. The van der Waals surface area contributed by atoms with Gasteiger partial charge in [-0.15, -0.1) is 0 Å². The van der Waals surface area contributed by atoms with Crippen LogP contribution in [0.1, 0.15) is 52.4 Å². The quantitative estimate of drug-likeness (QED) is 0.819. The van der Waals surface area contributed by atoms with Crippen LogP contribution in [0.2, 0.25) is 0 Å². The lowest BCUT2D eigenvalue weighted by Crippen LogP contribution is -2.51. The normalized spacial score (nSPS) is 34.8. The molecule has 0 amide bonds. The van der Waals surface area contributed by atoms with E-state index in [2.05, 4.69) is 18.7 Å². The molecule has 1 aliphatic heterocycles. The van der Waals surface area contributed by atoms with Crippen LogP contribution in [-0.2, 0) is 0 Å². The van der Waals surface area contributed by atoms with Crippen molar-refractivity contribution in [3.05, 3.63) is 0 Å². The Balaban J connectivity index is 1.93. The summed E-state index contributed by atoms with van der Waals surface area (Å²) in [6.07, 6.45) is 8.51. The number of hydrogen-bond donors (Lipinski definition) is 1. The van der Waals surface area contributed by atoms with E-state index in [-0.39, 0.29) is 0 Å². The van der Waals surface area contributed by atoms with E-state index in [1.807, 2.05) is 0 Å². The fourth-order valence-electron chi connectivity index (χ4n) is 3.75. The van der Waals surface area contributed by atoms with Gasteiger partial charge in [0, 0.05) is 19.1 Å². The van der Waals surface area contributed by atoms with Gasteiger partial charge in [-0.2, -0.15) is 0 Å². The van der Waals surface area contributed by atoms with Crippen LogP contribution in [0, 0.1) is 17.8 Å². The van der Waals surface area contributed by atoms with Gasteiger partial charge in [-0.05, 0) is 43.6 Å². The molecule has 3 unspecified atom stereocenters. The third kappa shape index (κ3) is 3.23. The molecule has 1 aliphatic carbocycles. The summed E-state index contributed by atoms with van der Waals surface area (Å²) in [5.74, 6) is 2.63. The zero-order chi connectivity index (χ0) is 12.3. The summed E-state index contributed by atoms with van der Waals surface area (Å²) in [4.78, 5) is 2.71. The minimum Gasteiger partial charge on any atom is -0.329 e. The van der Waals surface area contributed by atoms with Crippen molar-refractivity contribution < 1.29 is 0 Å². The standard InChI is InChI=1S/C15H30N2/c1-12-8-9-17(11-13(12)2)15(10-16)14-6-4-3-5-7-14/h12-15H,3-11,16H2,1-2H3. The highest BCUT2D eigenvalue weighted by atomic mass is 15.2. The molecule has 2 rings (SSSR count). The average molecular weight is 238 g/mol. The minimum atomic E-state index is 0.672. The molecule has 3 atom stereocenters. The number of hydrogen-bond acceptors (Lipinski definition) is 2. The minimum absolute atomic E-state index is 0.672. The zero-order valence-corrected chi connectivity index (χ0v) is 11.7. The number of rotatable bonds is 3. The highest BCUT2D eigenvalue weighted by molar-refractivity contribution is 4.86. The van der Waals surface area contributed by atoms with Gasteiger partial charge in [0.2, 0.25) is 0 Å². The second kappa shape index (κ2) is 6.19. The Bertz CT molecular complexity index is 223. The van der Waals surface area contributed by atoms with E-state index in [4.69, 9.17) is 5.73 Å². The molecule has 0 radical (unpaired) electrons. The molecule has 2 heteroatoms. The number of nitrogens with two attached hydrogens (primary N) is 1. The molecule has 0 aromatic heterocycles. The maximum atomic E-state index is 6.07. The number of nitrogens with zero attached hydrogens (tertiary/aromatic N) is 1. The summed E-state index contributed by atoms with van der Waals surface area (Å²) < 4.78 is 0. The Labute approximate surface area is 107 Å². The molecular formula is C15H30N2. The van der Waals surface area contributed by atoms with Gasteiger partial charge >= 0.3 is 0 Å². The Kier molecular flexibility index (Phi) is 4.87. The van der Waals surface area contributed by atoms with E-state index in [1.165, 1.54) is 51.6 Å². The zero-order valence-electron chi connectivity index (χ0n) is 11.7. The second-order valence-corrected chi connectivity index (χ2v) is 6.44. The molecule has 2 fully saturated rings. The second-order valence-electron chi connectivity index (χ2n) is 6.44. The van der Waals surface area contributed by atoms with Crippen molar-refractivity contribution in [1.29, 1.82) is 0 Å². The van der Waals surface area contributed by atoms with Crippen LogP contribution in [0.25, 0.3) is 0 Å².